The first kappa shape index (κ1) is 29.4. The molecule has 0 bridgehead atoms. The van der Waals surface area contributed by atoms with Crippen molar-refractivity contribution in [2.24, 2.45) is 0 Å². The van der Waals surface area contributed by atoms with Gasteiger partial charge >= 0.3 is 12.4 Å². The third kappa shape index (κ3) is 6.20. The molecule has 0 aliphatic heterocycles. The summed E-state index contributed by atoms with van der Waals surface area (Å²) in [6, 6.07) is 15.7. The Morgan fingerprint density at radius 3 is 1.24 bits per heavy atom. The van der Waals surface area contributed by atoms with E-state index in [1.165, 1.54) is 24.3 Å². The molecule has 0 radical (unpaired) electrons. The minimum absolute atomic E-state index is 0.334. The zero-order valence-corrected chi connectivity index (χ0v) is 22.8. The van der Waals surface area contributed by atoms with E-state index in [4.69, 9.17) is 0 Å². The predicted molar refractivity (Wildman–Crippen MR) is 150 cm³/mol. The molecule has 6 rings (SSSR count). The van der Waals surface area contributed by atoms with Crippen molar-refractivity contribution < 1.29 is 31.4 Å². The minimum Gasteiger partial charge on any atom is -0.395 e. The van der Waals surface area contributed by atoms with E-state index in [-0.39, 0.29) is 0 Å². The standard InChI is InChI=1S/C32H18F6N6O/c33-31(34,35)24-11-5-20(6-12-24)1-3-22-9-15-27-39-41-29(43(27)17-22)26(19-45)30-42-40-28-16-10-23(18-44(28)30)4-2-21-7-13-25(14-8-21)32(36,37)38/h5-18,26,45H,19H2. The van der Waals surface area contributed by atoms with Crippen molar-refractivity contribution >= 4 is 11.3 Å². The van der Waals surface area contributed by atoms with Gasteiger partial charge in [0.15, 0.2) is 22.9 Å². The number of hydrogen-bond acceptors (Lipinski definition) is 5. The maximum absolute atomic E-state index is 12.9. The number of hydrogen-bond donors (Lipinski definition) is 1. The molecule has 4 heterocycles. The van der Waals surface area contributed by atoms with E-state index in [9.17, 15) is 31.4 Å². The average Bonchev–Trinajstić information content (AvgIpc) is 3.63. The van der Waals surface area contributed by atoms with Gasteiger partial charge in [0.05, 0.1) is 17.7 Å². The lowest BCUT2D eigenvalue weighted by Crippen LogP contribution is -2.14. The van der Waals surface area contributed by atoms with E-state index in [0.29, 0.717) is 45.2 Å². The Hall–Kier alpha value is -5.66. The van der Waals surface area contributed by atoms with E-state index < -0.39 is 36.0 Å². The van der Waals surface area contributed by atoms with Crippen LogP contribution in [-0.2, 0) is 12.4 Å². The SMILES string of the molecule is OCC(c1nnc2ccc(C#Cc3ccc(C(F)(F)F)cc3)cn12)c1nnc2ccc(C#Cc3ccc(C(F)(F)F)cc3)cn12. The van der Waals surface area contributed by atoms with Gasteiger partial charge in [0.2, 0.25) is 0 Å². The highest BCUT2D eigenvalue weighted by Gasteiger charge is 2.30. The molecule has 0 atom stereocenters. The molecule has 6 aromatic rings. The minimum atomic E-state index is -4.44. The summed E-state index contributed by atoms with van der Waals surface area (Å²) in [7, 11) is 0. The van der Waals surface area contributed by atoms with Crippen LogP contribution in [0.15, 0.2) is 85.2 Å². The first-order chi connectivity index (χ1) is 21.5. The molecular weight excluding hydrogens is 598 g/mol. The number of nitrogens with zero attached hydrogens (tertiary/aromatic N) is 6. The van der Waals surface area contributed by atoms with Crippen LogP contribution >= 0.6 is 0 Å². The Morgan fingerprint density at radius 1 is 0.533 bits per heavy atom. The highest BCUT2D eigenvalue weighted by Crippen LogP contribution is 2.30. The Labute approximate surface area is 250 Å². The summed E-state index contributed by atoms with van der Waals surface area (Å²) in [5, 5.41) is 27.3. The van der Waals surface area contributed by atoms with Gasteiger partial charge in [-0.25, -0.2) is 0 Å². The number of pyridine rings is 2. The number of aliphatic hydroxyl groups excluding tert-OH is 1. The van der Waals surface area contributed by atoms with Gasteiger partial charge < -0.3 is 5.11 Å². The number of halogens is 6. The average molecular weight is 617 g/mol. The first-order valence-electron chi connectivity index (χ1n) is 13.2. The monoisotopic (exact) mass is 616 g/mol. The number of alkyl halides is 6. The van der Waals surface area contributed by atoms with Crippen molar-refractivity contribution in [2.75, 3.05) is 6.61 Å². The molecule has 7 nitrogen and oxygen atoms in total. The fourth-order valence-electron chi connectivity index (χ4n) is 4.49. The second kappa shape index (κ2) is 11.4. The lowest BCUT2D eigenvalue weighted by atomic mass is 10.1. The van der Waals surface area contributed by atoms with Gasteiger partial charge in [-0.05, 0) is 72.8 Å². The molecule has 224 valence electrons. The second-order valence-electron chi connectivity index (χ2n) is 9.79. The first-order valence-corrected chi connectivity index (χ1v) is 13.2. The van der Waals surface area contributed by atoms with Crippen molar-refractivity contribution in [2.45, 2.75) is 18.3 Å². The van der Waals surface area contributed by atoms with Crippen LogP contribution in [0, 0.1) is 23.7 Å². The van der Waals surface area contributed by atoms with E-state index in [2.05, 4.69) is 44.1 Å². The highest BCUT2D eigenvalue weighted by atomic mass is 19.4. The third-order valence-electron chi connectivity index (χ3n) is 6.79. The Kier molecular flexibility index (Phi) is 7.48. The lowest BCUT2D eigenvalue weighted by Gasteiger charge is -2.11. The van der Waals surface area contributed by atoms with Crippen LogP contribution in [0.1, 0.15) is 50.9 Å². The maximum Gasteiger partial charge on any atom is 0.416 e. The summed E-state index contributed by atoms with van der Waals surface area (Å²) in [5.74, 6) is 11.4. The second-order valence-corrected chi connectivity index (χ2v) is 9.79. The molecule has 45 heavy (non-hydrogen) atoms. The van der Waals surface area contributed by atoms with Gasteiger partial charge in [-0.15, -0.1) is 20.4 Å². The Balaban J connectivity index is 1.30. The number of rotatable bonds is 3. The van der Waals surface area contributed by atoms with Crippen molar-refractivity contribution in [3.05, 3.63) is 130 Å². The van der Waals surface area contributed by atoms with Crippen molar-refractivity contribution in [1.82, 2.24) is 29.2 Å². The van der Waals surface area contributed by atoms with Gasteiger partial charge in [0.1, 0.15) is 5.92 Å². The molecule has 1 N–H and O–H groups in total. The van der Waals surface area contributed by atoms with Gasteiger partial charge in [-0.2, -0.15) is 26.3 Å². The van der Waals surface area contributed by atoms with E-state index >= 15 is 0 Å². The molecule has 0 saturated heterocycles. The zero-order valence-electron chi connectivity index (χ0n) is 22.8. The molecule has 0 amide bonds. The highest BCUT2D eigenvalue weighted by molar-refractivity contribution is 5.50. The van der Waals surface area contributed by atoms with Crippen LogP contribution in [0.3, 0.4) is 0 Å². The summed E-state index contributed by atoms with van der Waals surface area (Å²) < 4.78 is 80.4. The number of aliphatic hydroxyl groups is 1. The smallest absolute Gasteiger partial charge is 0.395 e. The van der Waals surface area contributed by atoms with Crippen LogP contribution in [0.25, 0.3) is 11.3 Å². The summed E-state index contributed by atoms with van der Waals surface area (Å²) in [6.07, 6.45) is -5.58. The van der Waals surface area contributed by atoms with E-state index in [1.807, 2.05) is 0 Å². The topological polar surface area (TPSA) is 80.6 Å². The predicted octanol–water partition coefficient (Wildman–Crippen LogP) is 5.73. The van der Waals surface area contributed by atoms with Gasteiger partial charge in [-0.1, -0.05) is 23.7 Å². The molecule has 0 saturated carbocycles. The van der Waals surface area contributed by atoms with Crippen LogP contribution < -0.4 is 0 Å². The summed E-state index contributed by atoms with van der Waals surface area (Å²) in [6.45, 7) is -0.412. The largest absolute Gasteiger partial charge is 0.416 e. The Morgan fingerprint density at radius 2 is 0.889 bits per heavy atom. The molecule has 13 heteroatoms. The molecule has 0 spiro atoms. The normalized spacial score (nSPS) is 11.8. The molecule has 0 unspecified atom stereocenters. The lowest BCUT2D eigenvalue weighted by molar-refractivity contribution is -0.138. The van der Waals surface area contributed by atoms with Gasteiger partial charge in [0, 0.05) is 34.6 Å². The molecule has 2 aromatic carbocycles. The molecule has 0 fully saturated rings. The maximum atomic E-state index is 12.9. The molecule has 0 aliphatic carbocycles. The van der Waals surface area contributed by atoms with Crippen LogP contribution in [0.4, 0.5) is 26.3 Å². The summed E-state index contributed by atoms with van der Waals surface area (Å²) in [4.78, 5) is 0. The zero-order chi connectivity index (χ0) is 31.8. The molecule has 4 aromatic heterocycles. The number of aromatic nitrogens is 6. The molecular formula is C32H18F6N6O. The van der Waals surface area contributed by atoms with E-state index in [1.54, 1.807) is 45.5 Å². The van der Waals surface area contributed by atoms with Crippen molar-refractivity contribution in [1.29, 1.82) is 0 Å². The molecule has 0 aliphatic rings. The number of fused-ring (bicyclic) bond motifs is 2. The summed E-state index contributed by atoms with van der Waals surface area (Å²) >= 11 is 0. The van der Waals surface area contributed by atoms with E-state index in [0.717, 1.165) is 24.3 Å². The van der Waals surface area contributed by atoms with Crippen LogP contribution in [0.2, 0.25) is 0 Å². The Bertz CT molecular complexity index is 1990. The van der Waals surface area contributed by atoms with Gasteiger partial charge in [0.25, 0.3) is 0 Å². The van der Waals surface area contributed by atoms with Crippen molar-refractivity contribution in [3.63, 3.8) is 0 Å². The fourth-order valence-corrected chi connectivity index (χ4v) is 4.49. The summed E-state index contributed by atoms with van der Waals surface area (Å²) in [5.41, 5.74) is 1.22. The quantitative estimate of drug-likeness (QED) is 0.203. The number of benzene rings is 2. The third-order valence-corrected chi connectivity index (χ3v) is 6.79. The fraction of sp³-hybridized carbons (Fsp3) is 0.125. The van der Waals surface area contributed by atoms with Crippen LogP contribution in [0.5, 0.6) is 0 Å². The van der Waals surface area contributed by atoms with Crippen LogP contribution in [-0.4, -0.2) is 40.9 Å². The van der Waals surface area contributed by atoms with Crippen molar-refractivity contribution in [3.8, 4) is 23.7 Å². The van der Waals surface area contributed by atoms with Gasteiger partial charge in [-0.3, -0.25) is 8.80 Å².